The molecule has 0 fully saturated rings. The minimum absolute atomic E-state index is 0.0710. The first-order chi connectivity index (χ1) is 17.1. The van der Waals surface area contributed by atoms with Crippen molar-refractivity contribution in [2.75, 3.05) is 6.54 Å². The van der Waals surface area contributed by atoms with Gasteiger partial charge in [-0.2, -0.15) is 0 Å². The molecule has 0 bridgehead atoms. The van der Waals surface area contributed by atoms with Crippen molar-refractivity contribution in [2.24, 2.45) is 0 Å². The smallest absolute Gasteiger partial charge is 0.481 e. The van der Waals surface area contributed by atoms with Crippen LogP contribution in [0.1, 0.15) is 52.7 Å². The molecule has 1 atom stereocenters. The standard InChI is InChI=1S/C28H28F3NO4/c1-3-20(16-19-5-8-22(9-6-19)27(35)32-15-14-26(33)34)25-17-23(7-4-18(25)2)21-10-12-24(13-11-21)36-28(29,30)31/h4-13,17,20H,3,14-16H2,1-2H3,(H,32,35)(H,33,34). The summed E-state index contributed by atoms with van der Waals surface area (Å²) in [5.74, 6) is -1.34. The fourth-order valence-electron chi connectivity index (χ4n) is 4.04. The lowest BCUT2D eigenvalue weighted by molar-refractivity contribution is -0.274. The molecule has 1 unspecified atom stereocenters. The average Bonchev–Trinajstić information content (AvgIpc) is 2.83. The summed E-state index contributed by atoms with van der Waals surface area (Å²) in [4.78, 5) is 22.8. The van der Waals surface area contributed by atoms with Crippen molar-refractivity contribution in [3.05, 3.63) is 89.0 Å². The predicted octanol–water partition coefficient (Wildman–Crippen LogP) is 6.50. The van der Waals surface area contributed by atoms with Crippen molar-refractivity contribution < 1.29 is 32.6 Å². The maximum atomic E-state index is 12.4. The lowest BCUT2D eigenvalue weighted by atomic mass is 9.85. The summed E-state index contributed by atoms with van der Waals surface area (Å²) in [7, 11) is 0. The van der Waals surface area contributed by atoms with Crippen molar-refractivity contribution in [1.29, 1.82) is 0 Å². The Kier molecular flexibility index (Phi) is 8.74. The lowest BCUT2D eigenvalue weighted by Gasteiger charge is -2.20. The lowest BCUT2D eigenvalue weighted by Crippen LogP contribution is -2.25. The molecule has 0 radical (unpaired) electrons. The Labute approximate surface area is 207 Å². The number of ether oxygens (including phenoxy) is 1. The van der Waals surface area contributed by atoms with Crippen LogP contribution in [0.5, 0.6) is 5.75 Å². The normalized spacial score (nSPS) is 12.1. The number of carboxylic acids is 1. The fourth-order valence-corrected chi connectivity index (χ4v) is 4.04. The van der Waals surface area contributed by atoms with E-state index in [2.05, 4.69) is 23.0 Å². The van der Waals surface area contributed by atoms with E-state index in [1.54, 1.807) is 24.3 Å². The number of carbonyl (C=O) groups excluding carboxylic acids is 1. The van der Waals surface area contributed by atoms with Gasteiger partial charge in [-0.25, -0.2) is 0 Å². The largest absolute Gasteiger partial charge is 0.573 e. The van der Waals surface area contributed by atoms with E-state index in [4.69, 9.17) is 5.11 Å². The van der Waals surface area contributed by atoms with Crippen LogP contribution in [0.25, 0.3) is 11.1 Å². The summed E-state index contributed by atoms with van der Waals surface area (Å²) in [6, 6.07) is 19.1. The minimum atomic E-state index is -4.73. The molecule has 0 aliphatic rings. The van der Waals surface area contributed by atoms with Gasteiger partial charge in [-0.15, -0.1) is 13.2 Å². The maximum Gasteiger partial charge on any atom is 0.573 e. The van der Waals surface area contributed by atoms with Crippen LogP contribution in [0.4, 0.5) is 13.2 Å². The Morgan fingerprint density at radius 3 is 2.19 bits per heavy atom. The monoisotopic (exact) mass is 499 g/mol. The molecule has 8 heteroatoms. The summed E-state index contributed by atoms with van der Waals surface area (Å²) in [6.07, 6.45) is -3.23. The highest BCUT2D eigenvalue weighted by Crippen LogP contribution is 2.32. The van der Waals surface area contributed by atoms with Crippen LogP contribution in [0, 0.1) is 6.92 Å². The Bertz CT molecular complexity index is 1190. The van der Waals surface area contributed by atoms with E-state index in [1.165, 1.54) is 12.1 Å². The predicted molar refractivity (Wildman–Crippen MR) is 131 cm³/mol. The number of carbonyl (C=O) groups is 2. The molecule has 5 nitrogen and oxygen atoms in total. The Morgan fingerprint density at radius 1 is 0.972 bits per heavy atom. The molecule has 3 aromatic rings. The molecule has 1 amide bonds. The molecule has 2 N–H and O–H groups in total. The quantitative estimate of drug-likeness (QED) is 0.334. The Morgan fingerprint density at radius 2 is 1.61 bits per heavy atom. The van der Waals surface area contributed by atoms with Gasteiger partial charge in [-0.05, 0) is 77.8 Å². The molecule has 0 aliphatic carbocycles. The second-order valence-corrected chi connectivity index (χ2v) is 8.55. The summed E-state index contributed by atoms with van der Waals surface area (Å²) in [5, 5.41) is 11.3. The number of benzene rings is 3. The first-order valence-electron chi connectivity index (χ1n) is 11.6. The average molecular weight is 500 g/mol. The van der Waals surface area contributed by atoms with Gasteiger partial charge in [-0.1, -0.05) is 49.4 Å². The van der Waals surface area contributed by atoms with E-state index < -0.39 is 12.3 Å². The van der Waals surface area contributed by atoms with Crippen molar-refractivity contribution in [2.45, 2.75) is 45.4 Å². The third kappa shape index (κ3) is 7.60. The number of aryl methyl sites for hydroxylation is 1. The SMILES string of the molecule is CCC(Cc1ccc(C(=O)NCCC(=O)O)cc1)c1cc(-c2ccc(OC(F)(F)F)cc2)ccc1C. The first-order valence-corrected chi connectivity index (χ1v) is 11.6. The summed E-state index contributed by atoms with van der Waals surface area (Å²) >= 11 is 0. The molecule has 0 saturated carbocycles. The van der Waals surface area contributed by atoms with E-state index >= 15 is 0 Å². The van der Waals surface area contributed by atoms with Crippen LogP contribution in [0.3, 0.4) is 0 Å². The molecule has 3 rings (SSSR count). The fraction of sp³-hybridized carbons (Fsp3) is 0.286. The van der Waals surface area contributed by atoms with Gasteiger partial charge in [0.1, 0.15) is 5.75 Å². The highest BCUT2D eigenvalue weighted by Gasteiger charge is 2.31. The van der Waals surface area contributed by atoms with Gasteiger partial charge in [0.25, 0.3) is 5.91 Å². The summed E-state index contributed by atoms with van der Waals surface area (Å²) in [5.41, 5.74) is 5.49. The van der Waals surface area contributed by atoms with Crippen molar-refractivity contribution >= 4 is 11.9 Å². The number of halogens is 3. The summed E-state index contributed by atoms with van der Waals surface area (Å²) < 4.78 is 41.3. The molecule has 0 heterocycles. The Balaban J connectivity index is 1.73. The maximum absolute atomic E-state index is 12.4. The van der Waals surface area contributed by atoms with Crippen LogP contribution in [0.15, 0.2) is 66.7 Å². The van der Waals surface area contributed by atoms with Crippen LogP contribution in [-0.4, -0.2) is 29.9 Å². The van der Waals surface area contributed by atoms with E-state index in [0.29, 0.717) is 5.56 Å². The number of hydrogen-bond donors (Lipinski definition) is 2. The van der Waals surface area contributed by atoms with Gasteiger partial charge in [0.05, 0.1) is 6.42 Å². The topological polar surface area (TPSA) is 75.6 Å². The summed E-state index contributed by atoms with van der Waals surface area (Å²) in [6.45, 7) is 4.21. The van der Waals surface area contributed by atoms with Crippen molar-refractivity contribution in [3.63, 3.8) is 0 Å². The van der Waals surface area contributed by atoms with Gasteiger partial charge >= 0.3 is 12.3 Å². The van der Waals surface area contributed by atoms with Gasteiger partial charge < -0.3 is 15.2 Å². The molecule has 0 saturated heterocycles. The second kappa shape index (κ2) is 11.7. The zero-order valence-corrected chi connectivity index (χ0v) is 20.1. The first kappa shape index (κ1) is 26.8. The molecule has 0 aliphatic heterocycles. The number of aliphatic carboxylic acids is 1. The third-order valence-electron chi connectivity index (χ3n) is 5.96. The number of amides is 1. The Hall–Kier alpha value is -3.81. The molecule has 36 heavy (non-hydrogen) atoms. The van der Waals surface area contributed by atoms with Crippen LogP contribution < -0.4 is 10.1 Å². The zero-order chi connectivity index (χ0) is 26.3. The second-order valence-electron chi connectivity index (χ2n) is 8.55. The van der Waals surface area contributed by atoms with Crippen molar-refractivity contribution in [1.82, 2.24) is 5.32 Å². The van der Waals surface area contributed by atoms with Crippen molar-refractivity contribution in [3.8, 4) is 16.9 Å². The molecule has 3 aromatic carbocycles. The van der Waals surface area contributed by atoms with Gasteiger partial charge in [0, 0.05) is 12.1 Å². The molecular formula is C28H28F3NO4. The van der Waals surface area contributed by atoms with Gasteiger partial charge in [0.2, 0.25) is 0 Å². The number of rotatable bonds is 10. The highest BCUT2D eigenvalue weighted by molar-refractivity contribution is 5.94. The van der Waals surface area contributed by atoms with Gasteiger partial charge in [-0.3, -0.25) is 9.59 Å². The van der Waals surface area contributed by atoms with Crippen LogP contribution in [0.2, 0.25) is 0 Å². The zero-order valence-electron chi connectivity index (χ0n) is 20.1. The van der Waals surface area contributed by atoms with E-state index in [1.807, 2.05) is 31.2 Å². The molecule has 190 valence electrons. The molecule has 0 spiro atoms. The van der Waals surface area contributed by atoms with Crippen LogP contribution in [-0.2, 0) is 11.2 Å². The van der Waals surface area contributed by atoms with Crippen LogP contribution >= 0.6 is 0 Å². The molecular weight excluding hydrogens is 471 g/mol. The van der Waals surface area contributed by atoms with E-state index in [9.17, 15) is 22.8 Å². The highest BCUT2D eigenvalue weighted by atomic mass is 19.4. The number of carboxylic acid groups (broad SMARTS) is 1. The van der Waals surface area contributed by atoms with E-state index in [0.717, 1.165) is 40.7 Å². The minimum Gasteiger partial charge on any atom is -0.481 e. The van der Waals surface area contributed by atoms with E-state index in [-0.39, 0.29) is 30.5 Å². The number of alkyl halides is 3. The third-order valence-corrected chi connectivity index (χ3v) is 5.96. The number of hydrogen-bond acceptors (Lipinski definition) is 3. The number of nitrogens with one attached hydrogen (secondary N) is 1. The molecule has 0 aromatic heterocycles. The van der Waals surface area contributed by atoms with Gasteiger partial charge in [0.15, 0.2) is 0 Å².